The molecule has 0 aliphatic carbocycles. The molecule has 0 aromatic heterocycles. The van der Waals surface area contributed by atoms with Crippen LogP contribution in [-0.4, -0.2) is 12.5 Å². The standard InChI is InChI=1S/C10H10OS/c1-12-10(7-8-11)9-5-3-2-4-6-9/h2-8H,1H3/b10-7-. The maximum atomic E-state index is 10.3. The Balaban J connectivity index is 2.95. The van der Waals surface area contributed by atoms with E-state index in [1.54, 1.807) is 17.8 Å². The zero-order valence-corrected chi connectivity index (χ0v) is 7.67. The van der Waals surface area contributed by atoms with Gasteiger partial charge in [0.1, 0.15) is 6.29 Å². The second-order valence-electron chi connectivity index (χ2n) is 2.24. The second kappa shape index (κ2) is 4.78. The van der Waals surface area contributed by atoms with Crippen LogP contribution in [0, 0.1) is 0 Å². The van der Waals surface area contributed by atoms with Gasteiger partial charge in [-0.15, -0.1) is 11.8 Å². The highest BCUT2D eigenvalue weighted by Crippen LogP contribution is 2.23. The summed E-state index contributed by atoms with van der Waals surface area (Å²) < 4.78 is 0. The molecule has 1 aromatic carbocycles. The lowest BCUT2D eigenvalue weighted by Crippen LogP contribution is -1.78. The highest BCUT2D eigenvalue weighted by molar-refractivity contribution is 8.07. The minimum Gasteiger partial charge on any atom is -0.299 e. The van der Waals surface area contributed by atoms with Gasteiger partial charge >= 0.3 is 0 Å². The summed E-state index contributed by atoms with van der Waals surface area (Å²) in [5.74, 6) is 0. The molecule has 2 heteroatoms. The number of hydrogen-bond acceptors (Lipinski definition) is 2. The van der Waals surface area contributed by atoms with Gasteiger partial charge in [-0.05, 0) is 17.9 Å². The summed E-state index contributed by atoms with van der Waals surface area (Å²) >= 11 is 1.58. The molecule has 1 rings (SSSR count). The van der Waals surface area contributed by atoms with Gasteiger partial charge < -0.3 is 0 Å². The monoisotopic (exact) mass is 178 g/mol. The first-order chi connectivity index (χ1) is 5.88. The van der Waals surface area contributed by atoms with Gasteiger partial charge in [-0.25, -0.2) is 0 Å². The number of carbonyl (C=O) groups is 1. The molecule has 0 atom stereocenters. The van der Waals surface area contributed by atoms with Gasteiger partial charge in [0.15, 0.2) is 0 Å². The van der Waals surface area contributed by atoms with Crippen molar-refractivity contribution in [2.45, 2.75) is 0 Å². The number of benzene rings is 1. The van der Waals surface area contributed by atoms with E-state index in [1.165, 1.54) is 0 Å². The highest BCUT2D eigenvalue weighted by Gasteiger charge is 1.96. The number of carbonyl (C=O) groups excluding carboxylic acids is 1. The molecular weight excluding hydrogens is 168 g/mol. The van der Waals surface area contributed by atoms with Crippen molar-refractivity contribution < 1.29 is 4.79 Å². The molecule has 0 aliphatic rings. The lowest BCUT2D eigenvalue weighted by molar-refractivity contribution is -0.104. The molecule has 0 heterocycles. The van der Waals surface area contributed by atoms with Crippen LogP contribution in [0.2, 0.25) is 0 Å². The molecule has 0 saturated heterocycles. The van der Waals surface area contributed by atoms with Crippen molar-refractivity contribution in [1.82, 2.24) is 0 Å². The van der Waals surface area contributed by atoms with Crippen LogP contribution in [0.3, 0.4) is 0 Å². The predicted molar refractivity (Wildman–Crippen MR) is 54.0 cm³/mol. The molecule has 1 aromatic rings. The average molecular weight is 178 g/mol. The molecule has 62 valence electrons. The Morgan fingerprint density at radius 2 is 2.00 bits per heavy atom. The first-order valence-corrected chi connectivity index (χ1v) is 4.86. The normalized spacial score (nSPS) is 11.2. The summed E-state index contributed by atoms with van der Waals surface area (Å²) in [5.41, 5.74) is 1.09. The third-order valence-electron chi connectivity index (χ3n) is 1.50. The predicted octanol–water partition coefficient (Wildman–Crippen LogP) is 2.59. The number of allylic oxidation sites excluding steroid dienone is 1. The highest BCUT2D eigenvalue weighted by atomic mass is 32.2. The number of aldehydes is 1. The van der Waals surface area contributed by atoms with E-state index in [0.29, 0.717) is 0 Å². The van der Waals surface area contributed by atoms with Gasteiger partial charge in [0.2, 0.25) is 0 Å². The molecule has 0 aliphatic heterocycles. The Morgan fingerprint density at radius 1 is 1.33 bits per heavy atom. The summed E-state index contributed by atoms with van der Waals surface area (Å²) in [6, 6.07) is 9.87. The summed E-state index contributed by atoms with van der Waals surface area (Å²) in [4.78, 5) is 11.3. The van der Waals surface area contributed by atoms with Crippen LogP contribution in [0.4, 0.5) is 0 Å². The third kappa shape index (κ3) is 2.24. The lowest BCUT2D eigenvalue weighted by atomic mass is 10.2. The molecule has 0 spiro atoms. The third-order valence-corrected chi connectivity index (χ3v) is 2.31. The Labute approximate surface area is 76.5 Å². The van der Waals surface area contributed by atoms with Crippen molar-refractivity contribution in [3.63, 3.8) is 0 Å². The zero-order chi connectivity index (χ0) is 8.81. The summed E-state index contributed by atoms with van der Waals surface area (Å²) in [7, 11) is 0. The summed E-state index contributed by atoms with van der Waals surface area (Å²) in [6.45, 7) is 0. The fourth-order valence-corrected chi connectivity index (χ4v) is 1.51. The number of rotatable bonds is 3. The van der Waals surface area contributed by atoms with Crippen molar-refractivity contribution in [1.29, 1.82) is 0 Å². The number of thioether (sulfide) groups is 1. The molecule has 0 radical (unpaired) electrons. The number of hydrogen-bond donors (Lipinski definition) is 0. The molecule has 1 nitrogen and oxygen atoms in total. The smallest absolute Gasteiger partial charge is 0.143 e. The second-order valence-corrected chi connectivity index (χ2v) is 3.09. The maximum absolute atomic E-state index is 10.3. The molecular formula is C10H10OS. The minimum absolute atomic E-state index is 0.818. The van der Waals surface area contributed by atoms with Crippen molar-refractivity contribution in [2.75, 3.05) is 6.26 Å². The van der Waals surface area contributed by atoms with Crippen LogP contribution >= 0.6 is 11.8 Å². The van der Waals surface area contributed by atoms with E-state index in [4.69, 9.17) is 0 Å². The fourth-order valence-electron chi connectivity index (χ4n) is 0.946. The largest absolute Gasteiger partial charge is 0.299 e. The van der Waals surface area contributed by atoms with E-state index in [-0.39, 0.29) is 0 Å². The van der Waals surface area contributed by atoms with Gasteiger partial charge in [0.05, 0.1) is 0 Å². The Kier molecular flexibility index (Phi) is 3.61. The SMILES string of the molecule is CS/C(=C\C=O)c1ccccc1. The minimum atomic E-state index is 0.818. The van der Waals surface area contributed by atoms with E-state index < -0.39 is 0 Å². The van der Waals surface area contributed by atoms with Crippen molar-refractivity contribution in [3.05, 3.63) is 42.0 Å². The molecule has 0 bridgehead atoms. The molecule has 0 unspecified atom stereocenters. The first-order valence-electron chi connectivity index (χ1n) is 3.63. The van der Waals surface area contributed by atoms with E-state index in [2.05, 4.69) is 0 Å². The summed E-state index contributed by atoms with van der Waals surface area (Å²) in [5, 5.41) is 0. The first kappa shape index (κ1) is 9.07. The van der Waals surface area contributed by atoms with Crippen LogP contribution in [0.25, 0.3) is 4.91 Å². The van der Waals surface area contributed by atoms with Crippen molar-refractivity contribution in [2.24, 2.45) is 0 Å². The maximum Gasteiger partial charge on any atom is 0.143 e. The topological polar surface area (TPSA) is 17.1 Å². The van der Waals surface area contributed by atoms with Crippen LogP contribution < -0.4 is 0 Å². The Hall–Kier alpha value is -1.02. The van der Waals surface area contributed by atoms with Gasteiger partial charge in [-0.2, -0.15) is 0 Å². The average Bonchev–Trinajstić information content (AvgIpc) is 2.15. The molecule has 0 fully saturated rings. The summed E-state index contributed by atoms with van der Waals surface area (Å²) in [6.07, 6.45) is 4.36. The van der Waals surface area contributed by atoms with E-state index >= 15 is 0 Å². The molecule has 0 amide bonds. The van der Waals surface area contributed by atoms with Gasteiger partial charge in [-0.3, -0.25) is 4.79 Å². The van der Waals surface area contributed by atoms with Gasteiger partial charge in [0, 0.05) is 4.91 Å². The lowest BCUT2D eigenvalue weighted by Gasteiger charge is -2.00. The van der Waals surface area contributed by atoms with E-state index in [0.717, 1.165) is 16.8 Å². The van der Waals surface area contributed by atoms with E-state index in [9.17, 15) is 4.79 Å². The van der Waals surface area contributed by atoms with Crippen LogP contribution in [0.5, 0.6) is 0 Å². The van der Waals surface area contributed by atoms with Crippen LogP contribution in [-0.2, 0) is 4.79 Å². The fraction of sp³-hybridized carbons (Fsp3) is 0.100. The van der Waals surface area contributed by atoms with Crippen LogP contribution in [0.15, 0.2) is 36.4 Å². The van der Waals surface area contributed by atoms with Crippen molar-refractivity contribution >= 4 is 23.0 Å². The van der Waals surface area contributed by atoms with Crippen molar-refractivity contribution in [3.8, 4) is 0 Å². The quantitative estimate of drug-likeness (QED) is 0.522. The van der Waals surface area contributed by atoms with Gasteiger partial charge in [0.25, 0.3) is 0 Å². The van der Waals surface area contributed by atoms with Crippen LogP contribution in [0.1, 0.15) is 5.56 Å². The zero-order valence-electron chi connectivity index (χ0n) is 6.86. The molecule has 12 heavy (non-hydrogen) atoms. The molecule has 0 saturated carbocycles. The van der Waals surface area contributed by atoms with E-state index in [1.807, 2.05) is 36.6 Å². The Morgan fingerprint density at radius 3 is 2.50 bits per heavy atom. The van der Waals surface area contributed by atoms with Gasteiger partial charge in [-0.1, -0.05) is 30.3 Å². The molecule has 0 N–H and O–H groups in total. The Bertz CT molecular complexity index is 277.